The summed E-state index contributed by atoms with van der Waals surface area (Å²) in [5, 5.41) is 3.44. The van der Waals surface area contributed by atoms with Gasteiger partial charge in [-0.3, -0.25) is 4.79 Å². The number of fused-ring (bicyclic) bond motifs is 1. The molecule has 0 spiro atoms. The van der Waals surface area contributed by atoms with Gasteiger partial charge in [-0.15, -0.1) is 13.2 Å². The summed E-state index contributed by atoms with van der Waals surface area (Å²) in [6.45, 7) is 8.22. The molecular formula is C29H34ClF3N4O4. The SMILES string of the molecule is COC(=O)[C@H](C)N(C)C(=O)c1cc2nc(Nc3ccc(OC(F)(F)F)cc3)n(C3C[C@H](C)CC(C)(C)C3)c2cc1Cl. The zero-order valence-corrected chi connectivity index (χ0v) is 24.6. The third-order valence-corrected chi connectivity index (χ3v) is 7.84. The predicted octanol–water partition coefficient (Wildman–Crippen LogP) is 7.35. The topological polar surface area (TPSA) is 85.7 Å². The summed E-state index contributed by atoms with van der Waals surface area (Å²) in [4.78, 5) is 31.4. The normalized spacial score (nSPS) is 19.5. The van der Waals surface area contributed by atoms with E-state index < -0.39 is 24.3 Å². The number of methoxy groups -OCH3 is 1. The molecule has 2 aromatic carbocycles. The summed E-state index contributed by atoms with van der Waals surface area (Å²) in [6, 6.07) is 7.91. The molecular weight excluding hydrogens is 561 g/mol. The lowest BCUT2D eigenvalue weighted by molar-refractivity contribution is -0.274. The molecule has 1 unspecified atom stereocenters. The Hall–Kier alpha value is -3.47. The highest BCUT2D eigenvalue weighted by Gasteiger charge is 2.35. The number of likely N-dealkylation sites (N-methyl/N-ethyl adjacent to an activating group) is 1. The molecule has 1 aliphatic carbocycles. The summed E-state index contributed by atoms with van der Waals surface area (Å²) in [5.74, 6) is -0.449. The number of benzene rings is 2. The lowest BCUT2D eigenvalue weighted by Gasteiger charge is -2.40. The van der Waals surface area contributed by atoms with Crippen molar-refractivity contribution >= 4 is 46.1 Å². The van der Waals surface area contributed by atoms with E-state index in [1.54, 1.807) is 19.1 Å². The second-order valence-corrected chi connectivity index (χ2v) is 11.9. The number of anilines is 2. The van der Waals surface area contributed by atoms with Gasteiger partial charge in [-0.05, 0) is 73.9 Å². The van der Waals surface area contributed by atoms with Crippen LogP contribution in [-0.2, 0) is 9.53 Å². The summed E-state index contributed by atoms with van der Waals surface area (Å²) in [7, 11) is 2.75. The lowest BCUT2D eigenvalue weighted by atomic mass is 9.70. The minimum absolute atomic E-state index is 0.0497. The molecule has 1 aromatic heterocycles. The second-order valence-electron chi connectivity index (χ2n) is 11.5. The molecule has 1 amide bonds. The van der Waals surface area contributed by atoms with Gasteiger partial charge in [0.25, 0.3) is 5.91 Å². The van der Waals surface area contributed by atoms with E-state index in [9.17, 15) is 22.8 Å². The van der Waals surface area contributed by atoms with Gasteiger partial charge in [-0.25, -0.2) is 9.78 Å². The Bertz CT molecular complexity index is 1440. The number of nitrogens with one attached hydrogen (secondary N) is 1. The number of hydrogen-bond donors (Lipinski definition) is 1. The zero-order chi connectivity index (χ0) is 30.3. The molecule has 0 bridgehead atoms. The van der Waals surface area contributed by atoms with E-state index >= 15 is 0 Å². The van der Waals surface area contributed by atoms with Gasteiger partial charge in [0.05, 0.1) is 28.7 Å². The molecule has 222 valence electrons. The molecule has 4 rings (SSSR count). The Morgan fingerprint density at radius 1 is 1.20 bits per heavy atom. The summed E-state index contributed by atoms with van der Waals surface area (Å²) in [5.41, 5.74) is 1.98. The maximum absolute atomic E-state index is 13.3. The minimum Gasteiger partial charge on any atom is -0.467 e. The van der Waals surface area contributed by atoms with Gasteiger partial charge in [-0.2, -0.15) is 0 Å². The number of rotatable bonds is 7. The predicted molar refractivity (Wildman–Crippen MR) is 151 cm³/mol. The van der Waals surface area contributed by atoms with Crippen molar-refractivity contribution in [3.8, 4) is 5.75 Å². The molecule has 1 aliphatic rings. The van der Waals surface area contributed by atoms with Crippen LogP contribution >= 0.6 is 11.6 Å². The molecule has 3 atom stereocenters. The number of alkyl halides is 3. The number of nitrogens with zero attached hydrogens (tertiary/aromatic N) is 3. The Morgan fingerprint density at radius 2 is 1.85 bits per heavy atom. The summed E-state index contributed by atoms with van der Waals surface area (Å²) >= 11 is 6.66. The highest BCUT2D eigenvalue weighted by atomic mass is 35.5. The van der Waals surface area contributed by atoms with Crippen molar-refractivity contribution in [2.24, 2.45) is 11.3 Å². The van der Waals surface area contributed by atoms with Crippen molar-refractivity contribution < 1.29 is 32.2 Å². The first-order valence-electron chi connectivity index (χ1n) is 13.3. The molecule has 0 saturated heterocycles. The van der Waals surface area contributed by atoms with E-state index in [-0.39, 0.29) is 27.8 Å². The molecule has 8 nitrogen and oxygen atoms in total. The monoisotopic (exact) mass is 594 g/mol. The molecule has 0 aliphatic heterocycles. The summed E-state index contributed by atoms with van der Waals surface area (Å²) in [6.07, 6.45) is -1.96. The van der Waals surface area contributed by atoms with Crippen molar-refractivity contribution in [3.05, 3.63) is 47.0 Å². The number of esters is 1. The fraction of sp³-hybridized carbons (Fsp3) is 0.483. The number of halogens is 4. The fourth-order valence-corrected chi connectivity index (χ4v) is 6.03. The van der Waals surface area contributed by atoms with Crippen molar-refractivity contribution in [1.29, 1.82) is 0 Å². The van der Waals surface area contributed by atoms with E-state index in [4.69, 9.17) is 21.3 Å². The highest BCUT2D eigenvalue weighted by molar-refractivity contribution is 6.34. The van der Waals surface area contributed by atoms with Crippen LogP contribution in [0.1, 0.15) is 63.4 Å². The molecule has 1 heterocycles. The Labute approximate surface area is 241 Å². The molecule has 1 fully saturated rings. The molecule has 0 radical (unpaired) electrons. The van der Waals surface area contributed by atoms with Gasteiger partial charge in [0.1, 0.15) is 11.8 Å². The Kier molecular flexibility index (Phi) is 8.50. The van der Waals surface area contributed by atoms with Crippen molar-refractivity contribution in [2.45, 2.75) is 65.4 Å². The van der Waals surface area contributed by atoms with Crippen LogP contribution < -0.4 is 10.1 Å². The number of hydrogen-bond acceptors (Lipinski definition) is 6. The number of imidazole rings is 1. The first-order chi connectivity index (χ1) is 19.1. The zero-order valence-electron chi connectivity index (χ0n) is 23.8. The van der Waals surface area contributed by atoms with Crippen molar-refractivity contribution in [1.82, 2.24) is 14.5 Å². The third kappa shape index (κ3) is 6.89. The van der Waals surface area contributed by atoms with Gasteiger partial charge in [0.2, 0.25) is 5.95 Å². The molecule has 12 heteroatoms. The van der Waals surface area contributed by atoms with Crippen LogP contribution in [0.5, 0.6) is 5.75 Å². The van der Waals surface area contributed by atoms with Gasteiger partial charge < -0.3 is 24.3 Å². The number of carbonyl (C=O) groups excluding carboxylic acids is 2. The average molecular weight is 595 g/mol. The van der Waals surface area contributed by atoms with Crippen LogP contribution in [0, 0.1) is 11.3 Å². The van der Waals surface area contributed by atoms with E-state index in [0.29, 0.717) is 28.6 Å². The largest absolute Gasteiger partial charge is 0.573 e. The highest BCUT2D eigenvalue weighted by Crippen LogP contribution is 2.46. The van der Waals surface area contributed by atoms with Crippen LogP contribution in [0.4, 0.5) is 24.8 Å². The average Bonchev–Trinajstić information content (AvgIpc) is 3.21. The van der Waals surface area contributed by atoms with E-state index in [1.165, 1.54) is 43.3 Å². The van der Waals surface area contributed by atoms with E-state index in [0.717, 1.165) is 19.3 Å². The summed E-state index contributed by atoms with van der Waals surface area (Å²) < 4.78 is 48.7. The van der Waals surface area contributed by atoms with Crippen molar-refractivity contribution in [3.63, 3.8) is 0 Å². The van der Waals surface area contributed by atoms with Gasteiger partial charge in [0.15, 0.2) is 0 Å². The van der Waals surface area contributed by atoms with Crippen LogP contribution in [0.25, 0.3) is 11.0 Å². The fourth-order valence-electron chi connectivity index (χ4n) is 5.79. The number of carbonyl (C=O) groups is 2. The van der Waals surface area contributed by atoms with Gasteiger partial charge in [0, 0.05) is 18.8 Å². The number of aromatic nitrogens is 2. The molecule has 3 aromatic rings. The third-order valence-electron chi connectivity index (χ3n) is 7.53. The first kappa shape index (κ1) is 30.5. The lowest BCUT2D eigenvalue weighted by Crippen LogP contribution is -2.41. The Morgan fingerprint density at radius 3 is 2.44 bits per heavy atom. The first-order valence-corrected chi connectivity index (χ1v) is 13.7. The van der Waals surface area contributed by atoms with Crippen molar-refractivity contribution in [2.75, 3.05) is 19.5 Å². The second kappa shape index (κ2) is 11.4. The Balaban J connectivity index is 1.77. The van der Waals surface area contributed by atoms with Crippen LogP contribution in [-0.4, -0.2) is 52.9 Å². The number of amides is 1. The van der Waals surface area contributed by atoms with Gasteiger partial charge >= 0.3 is 12.3 Å². The molecule has 1 N–H and O–H groups in total. The molecule has 41 heavy (non-hydrogen) atoms. The number of ether oxygens (including phenoxy) is 2. The standard InChI is InChI=1S/C29H34ClF3N4O4/c1-16-11-19(15-28(3,4)14-16)37-24-13-22(30)21(25(38)36(5)17(2)26(39)40-6)12-23(24)35-27(37)34-18-7-9-20(10-8-18)41-29(31,32)33/h7-10,12-13,16-17,19H,11,14-15H2,1-6H3,(H,34,35)/t16-,17-,19?/m0/s1. The van der Waals surface area contributed by atoms with Crippen LogP contribution in [0.2, 0.25) is 5.02 Å². The van der Waals surface area contributed by atoms with Crippen LogP contribution in [0.3, 0.4) is 0 Å². The quantitative estimate of drug-likeness (QED) is 0.288. The molecule has 1 saturated carbocycles. The maximum Gasteiger partial charge on any atom is 0.573 e. The van der Waals surface area contributed by atoms with Gasteiger partial charge in [-0.1, -0.05) is 32.4 Å². The minimum atomic E-state index is -4.79. The van der Waals surface area contributed by atoms with E-state index in [1.807, 2.05) is 0 Å². The smallest absolute Gasteiger partial charge is 0.467 e. The van der Waals surface area contributed by atoms with E-state index in [2.05, 4.69) is 35.4 Å². The maximum atomic E-state index is 13.3. The van der Waals surface area contributed by atoms with Crippen LogP contribution in [0.15, 0.2) is 36.4 Å².